The third-order valence-electron chi connectivity index (χ3n) is 7.89. The molecule has 7 rings (SSSR count). The number of carbonyl (C=O) groups excluding carboxylic acids is 1. The summed E-state index contributed by atoms with van der Waals surface area (Å²) in [6.45, 7) is 3.62. The Morgan fingerprint density at radius 3 is 2.84 bits per heavy atom. The topological polar surface area (TPSA) is 80.5 Å². The fourth-order valence-electron chi connectivity index (χ4n) is 5.38. The van der Waals surface area contributed by atoms with Crippen molar-refractivity contribution in [2.24, 2.45) is 0 Å². The molecule has 5 aromatic rings. The quantitative estimate of drug-likeness (QED) is 0.326. The van der Waals surface area contributed by atoms with E-state index in [9.17, 15) is 4.79 Å². The number of hydrogen-bond acceptors (Lipinski definition) is 5. The van der Waals surface area contributed by atoms with E-state index in [4.69, 9.17) is 9.72 Å². The largest absolute Gasteiger partial charge is 0.492 e. The van der Waals surface area contributed by atoms with Crippen LogP contribution in [-0.2, 0) is 5.54 Å². The molecule has 1 aliphatic carbocycles. The molecule has 7 nitrogen and oxygen atoms in total. The number of nitrogens with one attached hydrogen (secondary N) is 2. The van der Waals surface area contributed by atoms with Crippen LogP contribution in [0.1, 0.15) is 40.7 Å². The van der Waals surface area contributed by atoms with Gasteiger partial charge in [-0.15, -0.1) is 0 Å². The number of benzene rings is 2. The average Bonchev–Trinajstić information content (AvgIpc) is 3.56. The summed E-state index contributed by atoms with van der Waals surface area (Å²) in [6, 6.07) is 20.6. The molecule has 2 aliphatic rings. The van der Waals surface area contributed by atoms with E-state index < -0.39 is 5.54 Å². The molecule has 7 heteroatoms. The zero-order chi connectivity index (χ0) is 25.7. The van der Waals surface area contributed by atoms with Gasteiger partial charge in [0, 0.05) is 34.9 Å². The minimum absolute atomic E-state index is 0.0814. The summed E-state index contributed by atoms with van der Waals surface area (Å²) in [7, 11) is 0. The normalized spacial score (nSPS) is 17.8. The Hall–Kier alpha value is -4.23. The van der Waals surface area contributed by atoms with Gasteiger partial charge in [-0.25, -0.2) is 4.98 Å². The van der Waals surface area contributed by atoms with Crippen LogP contribution in [0.2, 0.25) is 0 Å². The first-order valence-electron chi connectivity index (χ1n) is 13.2. The Bertz CT molecular complexity index is 1680. The van der Waals surface area contributed by atoms with Crippen LogP contribution in [-0.4, -0.2) is 39.5 Å². The van der Waals surface area contributed by atoms with Crippen molar-refractivity contribution in [1.29, 1.82) is 0 Å². The fourth-order valence-corrected chi connectivity index (χ4v) is 5.38. The molecule has 1 atom stereocenters. The highest BCUT2D eigenvalue weighted by atomic mass is 16.5. The summed E-state index contributed by atoms with van der Waals surface area (Å²) in [5.41, 5.74) is 6.06. The van der Waals surface area contributed by atoms with Gasteiger partial charge in [-0.3, -0.25) is 9.78 Å². The van der Waals surface area contributed by atoms with Crippen LogP contribution in [0.3, 0.4) is 0 Å². The molecule has 4 heterocycles. The van der Waals surface area contributed by atoms with Gasteiger partial charge >= 0.3 is 0 Å². The van der Waals surface area contributed by atoms with E-state index in [1.807, 2.05) is 66.4 Å². The number of aromatic nitrogens is 3. The van der Waals surface area contributed by atoms with Crippen LogP contribution in [0, 0.1) is 6.92 Å². The van der Waals surface area contributed by atoms with E-state index in [1.54, 1.807) is 0 Å². The maximum absolute atomic E-state index is 13.7. The zero-order valence-corrected chi connectivity index (χ0v) is 21.3. The van der Waals surface area contributed by atoms with E-state index in [2.05, 4.69) is 39.9 Å². The summed E-state index contributed by atoms with van der Waals surface area (Å²) in [6.07, 6.45) is 8.51. The molecule has 0 spiro atoms. The number of rotatable bonds is 7. The first kappa shape index (κ1) is 22.9. The molecule has 2 aromatic carbocycles. The van der Waals surface area contributed by atoms with E-state index in [-0.39, 0.29) is 5.91 Å². The molecule has 1 amide bonds. The SMILES string of the molecule is Cc1ccc(OCC2CCN2)cc1C(=O)NC1(c2cc(-c3ncn4ccccc34)cc3ncccc23)CC1. The van der Waals surface area contributed by atoms with Gasteiger partial charge in [0.05, 0.1) is 28.6 Å². The highest BCUT2D eigenvalue weighted by Gasteiger charge is 2.47. The number of nitrogens with zero attached hydrogens (tertiary/aromatic N) is 3. The summed E-state index contributed by atoms with van der Waals surface area (Å²) in [5.74, 6) is 0.643. The summed E-state index contributed by atoms with van der Waals surface area (Å²) in [4.78, 5) is 23.1. The van der Waals surface area contributed by atoms with Crippen molar-refractivity contribution < 1.29 is 9.53 Å². The average molecular weight is 504 g/mol. The van der Waals surface area contributed by atoms with Crippen LogP contribution < -0.4 is 15.4 Å². The molecule has 38 heavy (non-hydrogen) atoms. The standard InChI is InChI=1S/C31H29N5O2/c1-20-7-8-23(38-18-22-9-13-32-22)17-25(20)30(37)35-31(10-11-31)26-15-21(16-27-24(26)5-4-12-33-27)29-28-6-2-3-14-36(28)19-34-29/h2-8,12,14-17,19,22,32H,9-11,13,18H2,1H3,(H,35,37). The molecular weight excluding hydrogens is 474 g/mol. The van der Waals surface area contributed by atoms with Gasteiger partial charge in [0.25, 0.3) is 5.91 Å². The molecule has 1 unspecified atom stereocenters. The number of imidazole rings is 1. The molecule has 1 saturated carbocycles. The Labute approximate surface area is 220 Å². The number of amides is 1. The zero-order valence-electron chi connectivity index (χ0n) is 21.3. The first-order valence-corrected chi connectivity index (χ1v) is 13.2. The Balaban J connectivity index is 1.24. The van der Waals surface area contributed by atoms with Crippen molar-refractivity contribution in [2.75, 3.05) is 13.2 Å². The molecule has 2 fully saturated rings. The van der Waals surface area contributed by atoms with Crippen LogP contribution >= 0.6 is 0 Å². The van der Waals surface area contributed by atoms with Crippen LogP contribution in [0.4, 0.5) is 0 Å². The molecule has 1 saturated heterocycles. The van der Waals surface area contributed by atoms with Gasteiger partial charge in [0.1, 0.15) is 12.4 Å². The van der Waals surface area contributed by atoms with Crippen molar-refractivity contribution in [1.82, 2.24) is 25.0 Å². The second kappa shape index (κ2) is 8.96. The molecule has 2 N–H and O–H groups in total. The summed E-state index contributed by atoms with van der Waals surface area (Å²) < 4.78 is 8.00. The molecule has 1 aliphatic heterocycles. The van der Waals surface area contributed by atoms with Gasteiger partial charge in [-0.05, 0) is 86.3 Å². The van der Waals surface area contributed by atoms with Gasteiger partial charge in [-0.1, -0.05) is 18.2 Å². The Morgan fingerprint density at radius 2 is 2.03 bits per heavy atom. The van der Waals surface area contributed by atoms with Crippen molar-refractivity contribution in [3.05, 3.63) is 96.1 Å². The fraction of sp³-hybridized carbons (Fsp3) is 0.258. The number of fused-ring (bicyclic) bond motifs is 2. The molecule has 0 radical (unpaired) electrons. The highest BCUT2D eigenvalue weighted by molar-refractivity contribution is 5.98. The highest BCUT2D eigenvalue weighted by Crippen LogP contribution is 2.49. The van der Waals surface area contributed by atoms with Gasteiger partial charge in [0.15, 0.2) is 0 Å². The van der Waals surface area contributed by atoms with Gasteiger partial charge in [0.2, 0.25) is 0 Å². The van der Waals surface area contributed by atoms with E-state index in [0.717, 1.165) is 70.4 Å². The molecule has 190 valence electrons. The van der Waals surface area contributed by atoms with Gasteiger partial charge in [-0.2, -0.15) is 0 Å². The van der Waals surface area contributed by atoms with E-state index in [1.165, 1.54) is 0 Å². The maximum Gasteiger partial charge on any atom is 0.252 e. The number of pyridine rings is 2. The van der Waals surface area contributed by atoms with Gasteiger partial charge < -0.3 is 19.8 Å². The third-order valence-corrected chi connectivity index (χ3v) is 7.89. The molecule has 0 bridgehead atoms. The number of carbonyl (C=O) groups is 1. The Kier molecular flexibility index (Phi) is 5.40. The lowest BCUT2D eigenvalue weighted by atomic mass is 9.94. The van der Waals surface area contributed by atoms with Crippen LogP contribution in [0.15, 0.2) is 79.4 Å². The lowest BCUT2D eigenvalue weighted by Crippen LogP contribution is -2.46. The minimum atomic E-state index is -0.441. The second-order valence-corrected chi connectivity index (χ2v) is 10.4. The minimum Gasteiger partial charge on any atom is -0.492 e. The second-order valence-electron chi connectivity index (χ2n) is 10.4. The van der Waals surface area contributed by atoms with Crippen molar-refractivity contribution in [3.8, 4) is 17.0 Å². The summed E-state index contributed by atoms with van der Waals surface area (Å²) in [5, 5.41) is 7.80. The first-order chi connectivity index (χ1) is 18.6. The van der Waals surface area contributed by atoms with Crippen molar-refractivity contribution >= 4 is 22.3 Å². The van der Waals surface area contributed by atoms with Crippen LogP contribution in [0.5, 0.6) is 5.75 Å². The van der Waals surface area contributed by atoms with Crippen molar-refractivity contribution in [2.45, 2.75) is 37.8 Å². The van der Waals surface area contributed by atoms with Crippen molar-refractivity contribution in [3.63, 3.8) is 0 Å². The maximum atomic E-state index is 13.7. The Morgan fingerprint density at radius 1 is 1.13 bits per heavy atom. The summed E-state index contributed by atoms with van der Waals surface area (Å²) >= 11 is 0. The predicted molar refractivity (Wildman–Crippen MR) is 147 cm³/mol. The number of aryl methyl sites for hydroxylation is 1. The van der Waals surface area contributed by atoms with E-state index in [0.29, 0.717) is 18.2 Å². The number of hydrogen-bond donors (Lipinski definition) is 2. The van der Waals surface area contributed by atoms with Crippen LogP contribution in [0.25, 0.3) is 27.7 Å². The number of ether oxygens (including phenoxy) is 1. The predicted octanol–water partition coefficient (Wildman–Crippen LogP) is 5.02. The van der Waals surface area contributed by atoms with E-state index >= 15 is 0 Å². The monoisotopic (exact) mass is 503 g/mol. The lowest BCUT2D eigenvalue weighted by Gasteiger charge is -2.27. The molecular formula is C31H29N5O2. The lowest BCUT2D eigenvalue weighted by molar-refractivity contribution is 0.0930. The smallest absolute Gasteiger partial charge is 0.252 e. The molecule has 3 aromatic heterocycles. The third kappa shape index (κ3) is 4.00.